The Kier molecular flexibility index (Phi) is 7.80. The zero-order valence-corrected chi connectivity index (χ0v) is 29.7. The average molecular weight is 752 g/mol. The van der Waals surface area contributed by atoms with Crippen molar-refractivity contribution in [3.63, 3.8) is 0 Å². The number of rotatable bonds is 5. The first-order chi connectivity index (χ1) is 27.8. The van der Waals surface area contributed by atoms with Gasteiger partial charge in [-0.15, -0.1) is 0 Å². The number of hydrogen-bond acceptors (Lipinski definition) is 1. The number of halogens is 5. The van der Waals surface area contributed by atoms with E-state index >= 15 is 17.6 Å². The van der Waals surface area contributed by atoms with Crippen LogP contribution < -0.4 is 0 Å². The summed E-state index contributed by atoms with van der Waals surface area (Å²) >= 11 is 0. The normalized spacial score (nSPS) is 11.6. The van der Waals surface area contributed by atoms with Crippen molar-refractivity contribution in [2.75, 3.05) is 0 Å². The lowest BCUT2D eigenvalue weighted by Crippen LogP contribution is -2.08. The van der Waals surface area contributed by atoms with Crippen LogP contribution in [0.1, 0.15) is 5.56 Å². The van der Waals surface area contributed by atoms with Gasteiger partial charge in [-0.2, -0.15) is 5.26 Å². The SMILES string of the molecule is N#Cc1cc(-n2c3ccccc3c3ccc(-c4ccccc4)cc32)c(-c2c(F)c(F)c(F)c(F)c2F)cc1-n1c2ccccc2c2ccc(-c3ccccc3)cc21. The van der Waals surface area contributed by atoms with E-state index in [1.165, 1.54) is 12.1 Å². The summed E-state index contributed by atoms with van der Waals surface area (Å²) in [7, 11) is 0. The molecule has 8 heteroatoms. The molecule has 0 amide bonds. The molecule has 0 aliphatic heterocycles. The maximum absolute atomic E-state index is 16.2. The second kappa shape index (κ2) is 13.1. The van der Waals surface area contributed by atoms with E-state index in [9.17, 15) is 9.65 Å². The number of fused-ring (bicyclic) bond motifs is 6. The van der Waals surface area contributed by atoms with Crippen molar-refractivity contribution in [3.05, 3.63) is 192 Å². The summed E-state index contributed by atoms with van der Waals surface area (Å²) in [6, 6.07) is 51.2. The van der Waals surface area contributed by atoms with Gasteiger partial charge in [-0.1, -0.05) is 121 Å². The molecule has 0 bridgehead atoms. The molecule has 0 unspecified atom stereocenters. The second-order valence-electron chi connectivity index (χ2n) is 13.8. The lowest BCUT2D eigenvalue weighted by molar-refractivity contribution is 0.381. The molecule has 0 radical (unpaired) electrons. The van der Waals surface area contributed by atoms with Gasteiger partial charge < -0.3 is 9.13 Å². The highest BCUT2D eigenvalue weighted by molar-refractivity contribution is 6.12. The summed E-state index contributed by atoms with van der Waals surface area (Å²) in [6.45, 7) is 0. The molecule has 57 heavy (non-hydrogen) atoms. The number of aromatic nitrogens is 2. The van der Waals surface area contributed by atoms with Crippen molar-refractivity contribution in [1.82, 2.24) is 9.13 Å². The van der Waals surface area contributed by atoms with Crippen LogP contribution in [0, 0.1) is 40.4 Å². The third-order valence-corrected chi connectivity index (χ3v) is 10.8. The molecule has 0 aliphatic rings. The van der Waals surface area contributed by atoms with Crippen LogP contribution in [0.4, 0.5) is 22.0 Å². The smallest absolute Gasteiger partial charge is 0.200 e. The molecule has 0 spiro atoms. The van der Waals surface area contributed by atoms with Gasteiger partial charge in [0.2, 0.25) is 5.82 Å². The van der Waals surface area contributed by atoms with Crippen molar-refractivity contribution in [2.24, 2.45) is 0 Å². The van der Waals surface area contributed by atoms with Gasteiger partial charge in [0.05, 0.1) is 44.6 Å². The first-order valence-corrected chi connectivity index (χ1v) is 18.1. The Morgan fingerprint density at radius 1 is 0.368 bits per heavy atom. The molecule has 0 saturated carbocycles. The van der Waals surface area contributed by atoms with Gasteiger partial charge in [0.1, 0.15) is 6.07 Å². The van der Waals surface area contributed by atoms with Crippen molar-refractivity contribution < 1.29 is 22.0 Å². The fourth-order valence-corrected chi connectivity index (χ4v) is 8.16. The quantitative estimate of drug-likeness (QED) is 0.0979. The first kappa shape index (κ1) is 34.0. The Balaban J connectivity index is 1.36. The molecule has 0 atom stereocenters. The summed E-state index contributed by atoms with van der Waals surface area (Å²) in [4.78, 5) is 0. The monoisotopic (exact) mass is 751 g/mol. The van der Waals surface area contributed by atoms with E-state index in [4.69, 9.17) is 0 Å². The van der Waals surface area contributed by atoms with Crippen LogP contribution in [0.15, 0.2) is 158 Å². The second-order valence-corrected chi connectivity index (χ2v) is 13.8. The molecule has 2 aromatic heterocycles. The average Bonchev–Trinajstić information content (AvgIpc) is 3.77. The highest BCUT2D eigenvalue weighted by Gasteiger charge is 2.31. The highest BCUT2D eigenvalue weighted by atomic mass is 19.2. The van der Waals surface area contributed by atoms with E-state index in [2.05, 4.69) is 6.07 Å². The Morgan fingerprint density at radius 3 is 1.28 bits per heavy atom. The number of nitrogens with zero attached hydrogens (tertiary/aromatic N) is 3. The number of nitriles is 1. The van der Waals surface area contributed by atoms with E-state index in [0.717, 1.165) is 43.8 Å². The van der Waals surface area contributed by atoms with Crippen LogP contribution in [0.25, 0.3) is 88.4 Å². The maximum atomic E-state index is 16.2. The summed E-state index contributed by atoms with van der Waals surface area (Å²) in [5.74, 6) is -10.4. The minimum Gasteiger partial charge on any atom is -0.309 e. The maximum Gasteiger partial charge on any atom is 0.200 e. The van der Waals surface area contributed by atoms with Crippen LogP contribution >= 0.6 is 0 Å². The zero-order chi connectivity index (χ0) is 38.9. The molecule has 0 N–H and O–H groups in total. The number of para-hydroxylation sites is 2. The Hall–Kier alpha value is -7.50. The van der Waals surface area contributed by atoms with Crippen LogP contribution in [-0.4, -0.2) is 9.13 Å². The van der Waals surface area contributed by atoms with Gasteiger partial charge in [-0.25, -0.2) is 22.0 Å². The number of benzene rings is 8. The van der Waals surface area contributed by atoms with E-state index in [0.29, 0.717) is 22.1 Å². The zero-order valence-electron chi connectivity index (χ0n) is 29.7. The molecule has 8 aromatic carbocycles. The van der Waals surface area contributed by atoms with Crippen molar-refractivity contribution in [2.45, 2.75) is 0 Å². The van der Waals surface area contributed by atoms with Crippen LogP contribution in [0.3, 0.4) is 0 Å². The molecule has 0 saturated heterocycles. The summed E-state index contributed by atoms with van der Waals surface area (Å²) in [6.07, 6.45) is 0. The van der Waals surface area contributed by atoms with E-state index in [1.54, 1.807) is 10.6 Å². The van der Waals surface area contributed by atoms with Crippen molar-refractivity contribution in [3.8, 4) is 50.8 Å². The van der Waals surface area contributed by atoms with Gasteiger partial charge in [0, 0.05) is 27.1 Å². The Labute approximate surface area is 322 Å². The lowest BCUT2D eigenvalue weighted by Gasteiger charge is -2.20. The van der Waals surface area contributed by atoms with Crippen LogP contribution in [0.2, 0.25) is 0 Å². The third kappa shape index (κ3) is 5.16. The predicted octanol–water partition coefficient (Wildman–Crippen LogP) is 13.4. The highest BCUT2D eigenvalue weighted by Crippen LogP contribution is 2.44. The van der Waals surface area contributed by atoms with Crippen LogP contribution in [-0.2, 0) is 0 Å². The van der Waals surface area contributed by atoms with E-state index in [1.807, 2.05) is 144 Å². The number of hydrogen-bond donors (Lipinski definition) is 0. The minimum absolute atomic E-state index is 0.0562. The minimum atomic E-state index is -2.26. The lowest BCUT2D eigenvalue weighted by atomic mass is 9.97. The first-order valence-electron chi connectivity index (χ1n) is 18.1. The van der Waals surface area contributed by atoms with Crippen molar-refractivity contribution >= 4 is 43.6 Å². The Morgan fingerprint density at radius 2 is 0.789 bits per heavy atom. The van der Waals surface area contributed by atoms with Crippen LogP contribution in [0.5, 0.6) is 0 Å². The molecular weight excluding hydrogens is 726 g/mol. The summed E-state index contributed by atoms with van der Waals surface area (Å²) < 4.78 is 81.1. The van der Waals surface area contributed by atoms with Gasteiger partial charge in [-0.3, -0.25) is 0 Å². The largest absolute Gasteiger partial charge is 0.309 e. The van der Waals surface area contributed by atoms with E-state index in [-0.39, 0.29) is 22.5 Å². The predicted molar refractivity (Wildman–Crippen MR) is 216 cm³/mol. The molecule has 272 valence electrons. The molecule has 3 nitrogen and oxygen atoms in total. The Bertz CT molecular complexity index is 3280. The standard InChI is InChI=1S/C49H26F5N3/c50-45-44(46(51)48(53)49(54)47(45)52)37-26-40(56-38-17-9-7-15-33(38)35-21-19-30(23-41(35)56)28-11-3-1-4-12-28)32(27-55)25-43(37)57-39-18-10-8-16-34(39)36-22-20-31(24-42(36)57)29-13-5-2-6-14-29/h1-26H. The van der Waals surface area contributed by atoms with E-state index < -0.39 is 34.6 Å². The molecule has 10 rings (SSSR count). The molecule has 2 heterocycles. The topological polar surface area (TPSA) is 33.6 Å². The summed E-state index contributed by atoms with van der Waals surface area (Å²) in [5.41, 5.74) is 5.07. The molecule has 10 aromatic rings. The van der Waals surface area contributed by atoms with Gasteiger partial charge in [-0.05, 0) is 58.7 Å². The molecular formula is C49H26F5N3. The summed E-state index contributed by atoms with van der Waals surface area (Å²) in [5, 5.41) is 14.2. The van der Waals surface area contributed by atoms with Gasteiger partial charge in [0.25, 0.3) is 0 Å². The van der Waals surface area contributed by atoms with Gasteiger partial charge >= 0.3 is 0 Å². The third-order valence-electron chi connectivity index (χ3n) is 10.8. The molecule has 0 fully saturated rings. The van der Waals surface area contributed by atoms with Crippen molar-refractivity contribution in [1.29, 1.82) is 5.26 Å². The fourth-order valence-electron chi connectivity index (χ4n) is 8.16. The molecule has 0 aliphatic carbocycles. The fraction of sp³-hybridized carbons (Fsp3) is 0. The van der Waals surface area contributed by atoms with Gasteiger partial charge in [0.15, 0.2) is 23.3 Å².